The van der Waals surface area contributed by atoms with Gasteiger partial charge in [0, 0.05) is 0 Å². The van der Waals surface area contributed by atoms with Crippen LogP contribution >= 0.6 is 0 Å². The standard InChI is InChI=1S/C12H24O/c1-9(2)11(5)8-12(6-7-12)13-10(3)4/h9-11H,6-8H2,1-5H3. The van der Waals surface area contributed by atoms with Crippen LogP contribution in [-0.4, -0.2) is 11.7 Å². The predicted molar refractivity (Wildman–Crippen MR) is 56.8 cm³/mol. The fourth-order valence-corrected chi connectivity index (χ4v) is 1.83. The van der Waals surface area contributed by atoms with E-state index in [0.717, 1.165) is 11.8 Å². The van der Waals surface area contributed by atoms with Gasteiger partial charge in [0.1, 0.15) is 0 Å². The Morgan fingerprint density at radius 3 is 1.92 bits per heavy atom. The molecule has 0 bridgehead atoms. The zero-order valence-corrected chi connectivity index (χ0v) is 9.76. The van der Waals surface area contributed by atoms with E-state index in [1.165, 1.54) is 19.3 Å². The van der Waals surface area contributed by atoms with E-state index in [-0.39, 0.29) is 5.60 Å². The van der Waals surface area contributed by atoms with E-state index in [9.17, 15) is 0 Å². The third kappa shape index (κ3) is 3.30. The molecule has 1 saturated carbocycles. The Bertz CT molecular complexity index is 157. The normalized spacial score (nSPS) is 22.4. The Labute approximate surface area is 82.9 Å². The highest BCUT2D eigenvalue weighted by Gasteiger charge is 2.45. The molecule has 13 heavy (non-hydrogen) atoms. The van der Waals surface area contributed by atoms with E-state index >= 15 is 0 Å². The molecular formula is C12H24O. The van der Waals surface area contributed by atoms with Gasteiger partial charge in [-0.3, -0.25) is 0 Å². The molecule has 0 heterocycles. The van der Waals surface area contributed by atoms with E-state index in [4.69, 9.17) is 4.74 Å². The molecule has 0 aromatic carbocycles. The van der Waals surface area contributed by atoms with Gasteiger partial charge in [0.2, 0.25) is 0 Å². The molecule has 0 aromatic heterocycles. The van der Waals surface area contributed by atoms with Crippen LogP contribution in [0.4, 0.5) is 0 Å². The highest BCUT2D eigenvalue weighted by molar-refractivity contribution is 4.97. The van der Waals surface area contributed by atoms with Crippen molar-refractivity contribution in [1.82, 2.24) is 0 Å². The summed E-state index contributed by atoms with van der Waals surface area (Å²) in [7, 11) is 0. The monoisotopic (exact) mass is 184 g/mol. The summed E-state index contributed by atoms with van der Waals surface area (Å²) < 4.78 is 5.97. The Kier molecular flexibility index (Phi) is 3.39. The lowest BCUT2D eigenvalue weighted by Gasteiger charge is -2.25. The summed E-state index contributed by atoms with van der Waals surface area (Å²) in [6, 6.07) is 0. The summed E-state index contributed by atoms with van der Waals surface area (Å²) in [5.74, 6) is 1.58. The minimum atomic E-state index is 0.276. The first-order chi connectivity index (χ1) is 5.95. The minimum Gasteiger partial charge on any atom is -0.372 e. The van der Waals surface area contributed by atoms with Crippen LogP contribution in [0.5, 0.6) is 0 Å². The molecule has 0 aliphatic heterocycles. The van der Waals surface area contributed by atoms with Crippen LogP contribution in [0.15, 0.2) is 0 Å². The van der Waals surface area contributed by atoms with Crippen molar-refractivity contribution in [2.45, 2.75) is 65.6 Å². The van der Waals surface area contributed by atoms with Crippen LogP contribution in [0, 0.1) is 11.8 Å². The molecular weight excluding hydrogens is 160 g/mol. The van der Waals surface area contributed by atoms with Crippen molar-refractivity contribution >= 4 is 0 Å². The first kappa shape index (κ1) is 11.0. The van der Waals surface area contributed by atoms with Crippen molar-refractivity contribution in [3.63, 3.8) is 0 Å². The van der Waals surface area contributed by atoms with Crippen molar-refractivity contribution in [2.75, 3.05) is 0 Å². The lowest BCUT2D eigenvalue weighted by Crippen LogP contribution is -2.23. The van der Waals surface area contributed by atoms with E-state index in [1.54, 1.807) is 0 Å². The van der Waals surface area contributed by atoms with Gasteiger partial charge in [0.15, 0.2) is 0 Å². The molecule has 1 nitrogen and oxygen atoms in total. The fraction of sp³-hybridized carbons (Fsp3) is 1.00. The summed E-state index contributed by atoms with van der Waals surface area (Å²) >= 11 is 0. The topological polar surface area (TPSA) is 9.23 Å². The second-order valence-electron chi connectivity index (χ2n) is 5.28. The molecule has 0 N–H and O–H groups in total. The molecule has 1 aliphatic rings. The maximum Gasteiger partial charge on any atom is 0.0690 e. The molecule has 0 aromatic rings. The van der Waals surface area contributed by atoms with E-state index in [2.05, 4.69) is 34.6 Å². The lowest BCUT2D eigenvalue weighted by atomic mass is 9.91. The lowest BCUT2D eigenvalue weighted by molar-refractivity contribution is -0.0269. The molecule has 78 valence electrons. The van der Waals surface area contributed by atoms with Crippen molar-refractivity contribution in [2.24, 2.45) is 11.8 Å². The van der Waals surface area contributed by atoms with Gasteiger partial charge in [0.25, 0.3) is 0 Å². The van der Waals surface area contributed by atoms with Crippen molar-refractivity contribution in [1.29, 1.82) is 0 Å². The zero-order chi connectivity index (χ0) is 10.1. The van der Waals surface area contributed by atoms with Gasteiger partial charge < -0.3 is 4.74 Å². The van der Waals surface area contributed by atoms with Crippen LogP contribution in [0.1, 0.15) is 53.9 Å². The van der Waals surface area contributed by atoms with Crippen LogP contribution in [0.2, 0.25) is 0 Å². The maximum atomic E-state index is 5.97. The molecule has 0 saturated heterocycles. The zero-order valence-electron chi connectivity index (χ0n) is 9.76. The summed E-state index contributed by atoms with van der Waals surface area (Å²) in [6.07, 6.45) is 4.20. The van der Waals surface area contributed by atoms with Gasteiger partial charge in [-0.15, -0.1) is 0 Å². The molecule has 1 rings (SSSR count). The van der Waals surface area contributed by atoms with E-state index in [1.807, 2.05) is 0 Å². The Morgan fingerprint density at radius 2 is 1.62 bits per heavy atom. The minimum absolute atomic E-state index is 0.276. The molecule has 0 spiro atoms. The number of hydrogen-bond donors (Lipinski definition) is 0. The van der Waals surface area contributed by atoms with Gasteiger partial charge in [-0.1, -0.05) is 20.8 Å². The molecule has 1 aliphatic carbocycles. The number of hydrogen-bond acceptors (Lipinski definition) is 1. The first-order valence-electron chi connectivity index (χ1n) is 5.63. The highest BCUT2D eigenvalue weighted by atomic mass is 16.5. The van der Waals surface area contributed by atoms with Gasteiger partial charge in [-0.2, -0.15) is 0 Å². The van der Waals surface area contributed by atoms with Gasteiger partial charge >= 0.3 is 0 Å². The highest BCUT2D eigenvalue weighted by Crippen LogP contribution is 2.46. The largest absolute Gasteiger partial charge is 0.372 e. The summed E-state index contributed by atoms with van der Waals surface area (Å²) in [5.41, 5.74) is 0.276. The van der Waals surface area contributed by atoms with Crippen molar-refractivity contribution < 1.29 is 4.74 Å². The molecule has 1 unspecified atom stereocenters. The summed E-state index contributed by atoms with van der Waals surface area (Å²) in [6.45, 7) is 11.2. The fourth-order valence-electron chi connectivity index (χ4n) is 1.83. The van der Waals surface area contributed by atoms with Crippen LogP contribution in [-0.2, 0) is 4.74 Å². The molecule has 1 heteroatoms. The Hall–Kier alpha value is -0.0400. The van der Waals surface area contributed by atoms with Gasteiger partial charge in [0.05, 0.1) is 11.7 Å². The summed E-state index contributed by atoms with van der Waals surface area (Å²) in [5, 5.41) is 0. The van der Waals surface area contributed by atoms with E-state index < -0.39 is 0 Å². The van der Waals surface area contributed by atoms with Crippen LogP contribution in [0.3, 0.4) is 0 Å². The predicted octanol–water partition coefficient (Wildman–Crippen LogP) is 3.63. The second kappa shape index (κ2) is 4.00. The Morgan fingerprint density at radius 1 is 1.08 bits per heavy atom. The quantitative estimate of drug-likeness (QED) is 0.634. The second-order valence-corrected chi connectivity index (χ2v) is 5.28. The number of ether oxygens (including phenoxy) is 1. The van der Waals surface area contributed by atoms with Crippen LogP contribution in [0.25, 0.3) is 0 Å². The maximum absolute atomic E-state index is 5.97. The smallest absolute Gasteiger partial charge is 0.0690 e. The third-order valence-electron chi connectivity index (χ3n) is 3.13. The first-order valence-corrected chi connectivity index (χ1v) is 5.63. The van der Waals surface area contributed by atoms with Crippen molar-refractivity contribution in [3.05, 3.63) is 0 Å². The number of rotatable bonds is 5. The average molecular weight is 184 g/mol. The molecule has 1 atom stereocenters. The molecule has 0 radical (unpaired) electrons. The van der Waals surface area contributed by atoms with Crippen molar-refractivity contribution in [3.8, 4) is 0 Å². The SMILES string of the molecule is CC(C)OC1(CC(C)C(C)C)CC1. The average Bonchev–Trinajstić information content (AvgIpc) is 2.67. The third-order valence-corrected chi connectivity index (χ3v) is 3.13. The van der Waals surface area contributed by atoms with Gasteiger partial charge in [-0.05, 0) is 44.9 Å². The van der Waals surface area contributed by atoms with E-state index in [0.29, 0.717) is 6.10 Å². The Balaban J connectivity index is 2.35. The van der Waals surface area contributed by atoms with Gasteiger partial charge in [-0.25, -0.2) is 0 Å². The van der Waals surface area contributed by atoms with Crippen LogP contribution < -0.4 is 0 Å². The molecule has 1 fully saturated rings. The molecule has 0 amide bonds. The summed E-state index contributed by atoms with van der Waals surface area (Å²) in [4.78, 5) is 0.